The number of fused-ring (bicyclic) bond motifs is 1. The number of benzene rings is 2. The topological polar surface area (TPSA) is 90.4 Å². The third-order valence-corrected chi connectivity index (χ3v) is 10.1. The smallest absolute Gasteiger partial charge is 0.249 e. The lowest BCUT2D eigenvalue weighted by Gasteiger charge is -2.40. The maximum absolute atomic E-state index is 14.9. The van der Waals surface area contributed by atoms with Gasteiger partial charge in [-0.1, -0.05) is 81.5 Å². The molecule has 3 amide bonds. The predicted molar refractivity (Wildman–Crippen MR) is 175 cm³/mol. The molecule has 2 aromatic rings. The Labute approximate surface area is 267 Å². The molecule has 2 aromatic carbocycles. The van der Waals surface area contributed by atoms with Gasteiger partial charge in [-0.2, -0.15) is 0 Å². The first-order valence-corrected chi connectivity index (χ1v) is 16.1. The van der Waals surface area contributed by atoms with Crippen molar-refractivity contribution in [1.82, 2.24) is 9.80 Å². The summed E-state index contributed by atoms with van der Waals surface area (Å²) in [6.07, 6.45) is 4.32. The molecule has 3 aliphatic rings. The van der Waals surface area contributed by atoms with Crippen LogP contribution in [0.4, 0.5) is 5.69 Å². The van der Waals surface area contributed by atoms with E-state index in [1.165, 1.54) is 0 Å². The molecule has 3 heterocycles. The van der Waals surface area contributed by atoms with Crippen LogP contribution in [0.2, 0.25) is 0 Å². The largest absolute Gasteiger partial charge is 0.394 e. The third kappa shape index (κ3) is 5.52. The fourth-order valence-electron chi connectivity index (χ4n) is 8.14. The average Bonchev–Trinajstić information content (AvgIpc) is 3.55. The number of hydrogen-bond acceptors (Lipinski definition) is 5. The van der Waals surface area contributed by atoms with Crippen LogP contribution in [0.15, 0.2) is 86.0 Å². The van der Waals surface area contributed by atoms with Crippen LogP contribution >= 0.6 is 0 Å². The van der Waals surface area contributed by atoms with Gasteiger partial charge < -0.3 is 24.5 Å². The van der Waals surface area contributed by atoms with Crippen LogP contribution in [-0.4, -0.2) is 75.6 Å². The monoisotopic (exact) mass is 613 g/mol. The molecule has 45 heavy (non-hydrogen) atoms. The summed E-state index contributed by atoms with van der Waals surface area (Å²) in [5, 5.41) is 10.7. The lowest BCUT2D eigenvalue weighted by Crippen LogP contribution is -2.59. The summed E-state index contributed by atoms with van der Waals surface area (Å²) < 4.78 is 7.00. The first-order chi connectivity index (χ1) is 21.5. The number of aliphatic hydroxyl groups is 1. The van der Waals surface area contributed by atoms with Gasteiger partial charge in [0.25, 0.3) is 0 Å². The molecule has 8 heteroatoms. The van der Waals surface area contributed by atoms with Gasteiger partial charge >= 0.3 is 0 Å². The van der Waals surface area contributed by atoms with Gasteiger partial charge in [0, 0.05) is 25.3 Å². The van der Waals surface area contributed by atoms with Crippen molar-refractivity contribution in [3.05, 3.63) is 91.5 Å². The lowest BCUT2D eigenvalue weighted by atomic mass is 9.62. The minimum atomic E-state index is -1.22. The van der Waals surface area contributed by atoms with E-state index in [0.717, 1.165) is 5.56 Å². The second-order valence-electron chi connectivity index (χ2n) is 13.5. The zero-order valence-corrected chi connectivity index (χ0v) is 27.0. The van der Waals surface area contributed by atoms with Crippen LogP contribution < -0.4 is 4.90 Å². The van der Waals surface area contributed by atoms with Crippen LogP contribution in [0.25, 0.3) is 0 Å². The summed E-state index contributed by atoms with van der Waals surface area (Å²) in [7, 11) is 0. The van der Waals surface area contributed by atoms with Crippen molar-refractivity contribution >= 4 is 23.4 Å². The number of carbonyl (C=O) groups is 3. The Balaban J connectivity index is 1.63. The Morgan fingerprint density at radius 2 is 1.67 bits per heavy atom. The number of ether oxygens (including phenoxy) is 1. The molecule has 0 aromatic heterocycles. The molecule has 0 radical (unpaired) electrons. The highest BCUT2D eigenvalue weighted by Crippen LogP contribution is 2.66. The number of nitrogens with zero attached hydrogens (tertiary/aromatic N) is 3. The van der Waals surface area contributed by atoms with Gasteiger partial charge in [0.1, 0.15) is 11.6 Å². The van der Waals surface area contributed by atoms with E-state index >= 15 is 0 Å². The zero-order chi connectivity index (χ0) is 32.5. The van der Waals surface area contributed by atoms with E-state index in [0.29, 0.717) is 25.1 Å². The minimum Gasteiger partial charge on any atom is -0.394 e. The van der Waals surface area contributed by atoms with Gasteiger partial charge in [0.05, 0.1) is 30.1 Å². The van der Waals surface area contributed by atoms with E-state index < -0.39 is 35.1 Å². The van der Waals surface area contributed by atoms with E-state index in [-0.39, 0.29) is 49.3 Å². The first kappa shape index (κ1) is 32.6. The SMILES string of the molecule is C=CCN(Cc1ccccc1)C(=O)C1N([C@@H](CO)CC(C)C)C(=O)[C@@H]2[C@@H](C(=O)N(CC=C)c3ccccc3)[C@]3(C)OC12CC3C. The Kier molecular flexibility index (Phi) is 9.38. The van der Waals surface area contributed by atoms with Crippen molar-refractivity contribution < 1.29 is 24.2 Å². The Morgan fingerprint density at radius 3 is 2.24 bits per heavy atom. The normalized spacial score (nSPS) is 29.0. The summed E-state index contributed by atoms with van der Waals surface area (Å²) in [5.74, 6) is -2.43. The molecule has 0 saturated carbocycles. The Bertz CT molecular complexity index is 1410. The minimum absolute atomic E-state index is 0.105. The second kappa shape index (κ2) is 12.9. The number of aliphatic hydroxyl groups excluding tert-OH is 1. The van der Waals surface area contributed by atoms with Gasteiger partial charge in [0.2, 0.25) is 17.7 Å². The quantitative estimate of drug-likeness (QED) is 0.327. The molecule has 3 aliphatic heterocycles. The zero-order valence-electron chi connectivity index (χ0n) is 27.0. The average molecular weight is 614 g/mol. The molecule has 7 atom stereocenters. The summed E-state index contributed by atoms with van der Waals surface area (Å²) in [6.45, 7) is 16.4. The summed E-state index contributed by atoms with van der Waals surface area (Å²) in [6, 6.07) is 17.5. The second-order valence-corrected chi connectivity index (χ2v) is 13.5. The predicted octanol–water partition coefficient (Wildman–Crippen LogP) is 4.84. The highest BCUT2D eigenvalue weighted by molar-refractivity contribution is 6.03. The molecule has 2 bridgehead atoms. The van der Waals surface area contributed by atoms with Crippen molar-refractivity contribution in [1.29, 1.82) is 0 Å². The van der Waals surface area contributed by atoms with Gasteiger partial charge in [-0.3, -0.25) is 14.4 Å². The molecule has 5 rings (SSSR count). The van der Waals surface area contributed by atoms with E-state index in [4.69, 9.17) is 4.74 Å². The molecule has 3 unspecified atom stereocenters. The van der Waals surface area contributed by atoms with E-state index in [9.17, 15) is 19.5 Å². The molecular weight excluding hydrogens is 566 g/mol. The van der Waals surface area contributed by atoms with Crippen LogP contribution in [0.1, 0.15) is 46.1 Å². The highest BCUT2D eigenvalue weighted by atomic mass is 16.5. The Hall–Kier alpha value is -3.75. The number of anilines is 1. The number of para-hydroxylation sites is 1. The van der Waals surface area contributed by atoms with Gasteiger partial charge in [-0.25, -0.2) is 0 Å². The summed E-state index contributed by atoms with van der Waals surface area (Å²) >= 11 is 0. The molecule has 1 N–H and O–H groups in total. The molecule has 0 aliphatic carbocycles. The van der Waals surface area contributed by atoms with Gasteiger partial charge in [-0.15, -0.1) is 13.2 Å². The van der Waals surface area contributed by atoms with E-state index in [2.05, 4.69) is 13.2 Å². The first-order valence-electron chi connectivity index (χ1n) is 16.1. The highest BCUT2D eigenvalue weighted by Gasteiger charge is 2.80. The maximum Gasteiger partial charge on any atom is 0.249 e. The number of carbonyl (C=O) groups excluding carboxylic acids is 3. The standard InChI is InChI=1S/C37H47N3O5/c1-7-19-38(23-27-15-11-9-12-16-27)35(44)32-37-22-26(5)36(6,45-37)30(31(37)34(43)40(32)29(24-41)21-25(3)4)33(42)39(20-8-2)28-17-13-10-14-18-28/h7-18,25-26,29-32,41H,1-2,19-24H2,3-6H3/t26?,29-,30+,31+,32?,36-,37?/m1/s1. The van der Waals surface area contributed by atoms with Crippen LogP contribution in [-0.2, 0) is 25.7 Å². The molecular formula is C37H47N3O5. The van der Waals surface area contributed by atoms with Crippen molar-refractivity contribution in [2.24, 2.45) is 23.7 Å². The van der Waals surface area contributed by atoms with Crippen molar-refractivity contribution in [3.8, 4) is 0 Å². The Morgan fingerprint density at radius 1 is 1.04 bits per heavy atom. The van der Waals surface area contributed by atoms with Crippen LogP contribution in [0.5, 0.6) is 0 Å². The maximum atomic E-state index is 14.9. The van der Waals surface area contributed by atoms with Gasteiger partial charge in [-0.05, 0) is 49.3 Å². The summed E-state index contributed by atoms with van der Waals surface area (Å²) in [4.78, 5) is 49.4. The van der Waals surface area contributed by atoms with Crippen molar-refractivity contribution in [3.63, 3.8) is 0 Å². The van der Waals surface area contributed by atoms with Crippen molar-refractivity contribution in [2.45, 2.75) is 70.4 Å². The number of rotatable bonds is 13. The van der Waals surface area contributed by atoms with Crippen LogP contribution in [0, 0.1) is 23.7 Å². The molecule has 3 fully saturated rings. The summed E-state index contributed by atoms with van der Waals surface area (Å²) in [5.41, 5.74) is -0.532. The molecule has 240 valence electrons. The fourth-order valence-corrected chi connectivity index (χ4v) is 8.14. The van der Waals surface area contributed by atoms with Crippen molar-refractivity contribution in [2.75, 3.05) is 24.6 Å². The lowest BCUT2D eigenvalue weighted by molar-refractivity contribution is -0.156. The number of likely N-dealkylation sites (tertiary alicyclic amines) is 1. The van der Waals surface area contributed by atoms with Gasteiger partial charge in [0.15, 0.2) is 0 Å². The molecule has 1 spiro atoms. The van der Waals surface area contributed by atoms with Crippen LogP contribution in [0.3, 0.4) is 0 Å². The molecule has 3 saturated heterocycles. The number of amides is 3. The third-order valence-electron chi connectivity index (χ3n) is 10.1. The van der Waals surface area contributed by atoms with E-state index in [1.807, 2.05) is 88.4 Å². The van der Waals surface area contributed by atoms with E-state index in [1.54, 1.807) is 26.9 Å². The number of hydrogen-bond donors (Lipinski definition) is 1. The fraction of sp³-hybridized carbons (Fsp3) is 0.486. The molecule has 8 nitrogen and oxygen atoms in total.